The number of carbonyl (C=O) groups is 1. The number of amides is 1. The molecule has 0 radical (unpaired) electrons. The largest absolute Gasteiger partial charge is 0.497 e. The highest BCUT2D eigenvalue weighted by molar-refractivity contribution is 7.99. The number of ether oxygens (including phenoxy) is 2. The molecule has 1 amide bonds. The van der Waals surface area contributed by atoms with E-state index in [4.69, 9.17) is 9.47 Å². The Bertz CT molecular complexity index is 1220. The third-order valence-electron chi connectivity index (χ3n) is 4.88. The second-order valence-electron chi connectivity index (χ2n) is 6.70. The van der Waals surface area contributed by atoms with E-state index in [1.807, 2.05) is 35.9 Å². The summed E-state index contributed by atoms with van der Waals surface area (Å²) in [5.74, 6) is 2.01. The molecule has 0 saturated heterocycles. The van der Waals surface area contributed by atoms with Gasteiger partial charge in [0, 0.05) is 35.3 Å². The normalized spacial score (nSPS) is 10.9. The summed E-state index contributed by atoms with van der Waals surface area (Å²) in [6, 6.07) is 13.3. The van der Waals surface area contributed by atoms with Crippen molar-refractivity contribution in [2.24, 2.45) is 0 Å². The van der Waals surface area contributed by atoms with Gasteiger partial charge in [0.1, 0.15) is 11.5 Å². The molecule has 0 unspecified atom stereocenters. The van der Waals surface area contributed by atoms with Crippen molar-refractivity contribution in [3.8, 4) is 22.9 Å². The second kappa shape index (κ2) is 9.13. The Labute approximate surface area is 184 Å². The van der Waals surface area contributed by atoms with Crippen LogP contribution in [0.5, 0.6) is 11.5 Å². The van der Waals surface area contributed by atoms with Gasteiger partial charge < -0.3 is 24.3 Å². The van der Waals surface area contributed by atoms with E-state index in [9.17, 15) is 4.79 Å². The molecule has 4 aromatic rings. The van der Waals surface area contributed by atoms with E-state index in [0.29, 0.717) is 28.9 Å². The number of methoxy groups -OCH3 is 2. The minimum atomic E-state index is -0.159. The lowest BCUT2D eigenvalue weighted by atomic mass is 10.1. The van der Waals surface area contributed by atoms with Gasteiger partial charge in [0.15, 0.2) is 11.0 Å². The quantitative estimate of drug-likeness (QED) is 0.401. The molecular formula is C22H23N5O3S. The number of hydrogen-bond acceptors (Lipinski definition) is 6. The zero-order valence-electron chi connectivity index (χ0n) is 17.5. The van der Waals surface area contributed by atoms with Crippen LogP contribution in [-0.4, -0.2) is 45.6 Å². The molecule has 0 fully saturated rings. The summed E-state index contributed by atoms with van der Waals surface area (Å²) >= 11 is 1.35. The third-order valence-corrected chi connectivity index (χ3v) is 5.85. The maximum Gasteiger partial charge on any atom is 0.234 e. The van der Waals surface area contributed by atoms with Crippen molar-refractivity contribution in [3.05, 3.63) is 48.7 Å². The monoisotopic (exact) mass is 437 g/mol. The SMILES string of the molecule is CCn1c(SCC(=O)Nc2ccc(OC)cc2OC)nnc1-c1c[nH]c2ccccc12. The van der Waals surface area contributed by atoms with Crippen molar-refractivity contribution in [3.63, 3.8) is 0 Å². The molecule has 0 bridgehead atoms. The zero-order chi connectivity index (χ0) is 21.8. The fraction of sp³-hybridized carbons (Fsp3) is 0.227. The predicted octanol–water partition coefficient (Wildman–Crippen LogP) is 4.19. The van der Waals surface area contributed by atoms with Crippen LogP contribution >= 0.6 is 11.8 Å². The molecule has 0 aliphatic carbocycles. The Morgan fingerprint density at radius 2 is 2.00 bits per heavy atom. The van der Waals surface area contributed by atoms with Crippen molar-refractivity contribution in [2.45, 2.75) is 18.6 Å². The standard InChI is InChI=1S/C22H23N5O3S/c1-4-27-21(16-12-23-17-8-6-5-7-15(16)17)25-26-22(27)31-13-20(28)24-18-10-9-14(29-2)11-19(18)30-3/h5-12,23H,4,13H2,1-3H3,(H,24,28). The number of para-hydroxylation sites is 1. The lowest BCUT2D eigenvalue weighted by molar-refractivity contribution is -0.113. The number of aromatic amines is 1. The molecule has 8 nitrogen and oxygen atoms in total. The molecule has 4 rings (SSSR count). The van der Waals surface area contributed by atoms with Gasteiger partial charge in [-0.3, -0.25) is 4.79 Å². The van der Waals surface area contributed by atoms with Gasteiger partial charge in [-0.2, -0.15) is 0 Å². The lowest BCUT2D eigenvalue weighted by Gasteiger charge is -2.11. The van der Waals surface area contributed by atoms with Crippen molar-refractivity contribution in [1.29, 1.82) is 0 Å². The maximum absolute atomic E-state index is 12.5. The van der Waals surface area contributed by atoms with Crippen molar-refractivity contribution >= 4 is 34.3 Å². The Morgan fingerprint density at radius 1 is 1.16 bits per heavy atom. The van der Waals surface area contributed by atoms with Crippen molar-refractivity contribution in [2.75, 3.05) is 25.3 Å². The summed E-state index contributed by atoms with van der Waals surface area (Å²) in [5, 5.41) is 13.4. The smallest absolute Gasteiger partial charge is 0.234 e. The first-order chi connectivity index (χ1) is 15.1. The summed E-state index contributed by atoms with van der Waals surface area (Å²) < 4.78 is 12.5. The lowest BCUT2D eigenvalue weighted by Crippen LogP contribution is -2.15. The van der Waals surface area contributed by atoms with Crippen molar-refractivity contribution in [1.82, 2.24) is 19.7 Å². The van der Waals surface area contributed by atoms with Gasteiger partial charge >= 0.3 is 0 Å². The average Bonchev–Trinajstić information content (AvgIpc) is 3.41. The molecule has 9 heteroatoms. The van der Waals surface area contributed by atoms with Crippen LogP contribution < -0.4 is 14.8 Å². The van der Waals surface area contributed by atoms with Crippen LogP contribution in [0.3, 0.4) is 0 Å². The summed E-state index contributed by atoms with van der Waals surface area (Å²) in [6.07, 6.45) is 1.94. The van der Waals surface area contributed by atoms with Gasteiger partial charge in [0.25, 0.3) is 0 Å². The predicted molar refractivity (Wildman–Crippen MR) is 122 cm³/mol. The maximum atomic E-state index is 12.5. The highest BCUT2D eigenvalue weighted by Gasteiger charge is 2.18. The van der Waals surface area contributed by atoms with Gasteiger partial charge in [0.2, 0.25) is 5.91 Å². The van der Waals surface area contributed by atoms with Crippen LogP contribution in [0.1, 0.15) is 6.92 Å². The molecule has 31 heavy (non-hydrogen) atoms. The second-order valence-corrected chi connectivity index (χ2v) is 7.64. The number of aromatic nitrogens is 4. The number of thioether (sulfide) groups is 1. The van der Waals surface area contributed by atoms with Gasteiger partial charge in [-0.25, -0.2) is 0 Å². The Morgan fingerprint density at radius 3 is 2.77 bits per heavy atom. The van der Waals surface area contributed by atoms with Crippen LogP contribution in [0.2, 0.25) is 0 Å². The van der Waals surface area contributed by atoms with Crippen LogP contribution in [0.4, 0.5) is 5.69 Å². The minimum Gasteiger partial charge on any atom is -0.497 e. The van der Waals surface area contributed by atoms with E-state index >= 15 is 0 Å². The highest BCUT2D eigenvalue weighted by atomic mass is 32.2. The minimum absolute atomic E-state index is 0.159. The number of rotatable bonds is 8. The molecule has 2 heterocycles. The molecule has 2 aromatic carbocycles. The van der Waals surface area contributed by atoms with Crippen molar-refractivity contribution < 1.29 is 14.3 Å². The Balaban J connectivity index is 1.49. The van der Waals surface area contributed by atoms with Crippen LogP contribution in [0.25, 0.3) is 22.3 Å². The van der Waals surface area contributed by atoms with E-state index in [-0.39, 0.29) is 11.7 Å². The molecular weight excluding hydrogens is 414 g/mol. The molecule has 160 valence electrons. The van der Waals surface area contributed by atoms with Gasteiger partial charge in [-0.1, -0.05) is 30.0 Å². The first-order valence-electron chi connectivity index (χ1n) is 9.79. The Kier molecular flexibility index (Phi) is 6.13. The molecule has 0 atom stereocenters. The van der Waals surface area contributed by atoms with E-state index in [1.54, 1.807) is 32.4 Å². The molecule has 0 spiro atoms. The number of hydrogen-bond donors (Lipinski definition) is 2. The fourth-order valence-corrected chi connectivity index (χ4v) is 4.16. The van der Waals surface area contributed by atoms with E-state index in [1.165, 1.54) is 11.8 Å². The third kappa shape index (κ3) is 4.22. The van der Waals surface area contributed by atoms with Crippen LogP contribution in [0, 0.1) is 0 Å². The number of anilines is 1. The van der Waals surface area contributed by atoms with E-state index < -0.39 is 0 Å². The van der Waals surface area contributed by atoms with E-state index in [0.717, 1.165) is 22.3 Å². The molecule has 0 saturated carbocycles. The first kappa shape index (κ1) is 20.8. The topological polar surface area (TPSA) is 94.1 Å². The number of nitrogens with one attached hydrogen (secondary N) is 2. The van der Waals surface area contributed by atoms with Gasteiger partial charge in [0.05, 0.1) is 25.7 Å². The number of carbonyl (C=O) groups excluding carboxylic acids is 1. The number of nitrogens with zero attached hydrogens (tertiary/aromatic N) is 3. The summed E-state index contributed by atoms with van der Waals surface area (Å²) in [7, 11) is 3.13. The first-order valence-corrected chi connectivity index (χ1v) is 10.8. The number of benzene rings is 2. The van der Waals surface area contributed by atoms with Gasteiger partial charge in [-0.15, -0.1) is 10.2 Å². The number of fused-ring (bicyclic) bond motifs is 1. The molecule has 0 aliphatic heterocycles. The number of H-pyrrole nitrogens is 1. The summed E-state index contributed by atoms with van der Waals surface area (Å²) in [6.45, 7) is 2.73. The zero-order valence-corrected chi connectivity index (χ0v) is 18.3. The van der Waals surface area contributed by atoms with Crippen LogP contribution in [-0.2, 0) is 11.3 Å². The highest BCUT2D eigenvalue weighted by Crippen LogP contribution is 2.31. The molecule has 2 aromatic heterocycles. The fourth-order valence-electron chi connectivity index (χ4n) is 3.35. The van der Waals surface area contributed by atoms with E-state index in [2.05, 4.69) is 26.6 Å². The summed E-state index contributed by atoms with van der Waals surface area (Å²) in [4.78, 5) is 15.8. The molecule has 2 N–H and O–H groups in total. The van der Waals surface area contributed by atoms with Crippen LogP contribution in [0.15, 0.2) is 53.8 Å². The summed E-state index contributed by atoms with van der Waals surface area (Å²) in [5.41, 5.74) is 2.62. The molecule has 0 aliphatic rings. The Hall–Kier alpha value is -3.46. The average molecular weight is 438 g/mol. The van der Waals surface area contributed by atoms with Gasteiger partial charge in [-0.05, 0) is 25.1 Å².